The predicted octanol–water partition coefficient (Wildman–Crippen LogP) is 23.6. The van der Waals surface area contributed by atoms with Crippen LogP contribution in [-0.2, 0) is 65.4 Å². The van der Waals surface area contributed by atoms with Gasteiger partial charge in [0.05, 0.1) is 26.4 Å². The fourth-order valence-electron chi connectivity index (χ4n) is 10.9. The van der Waals surface area contributed by atoms with Crippen LogP contribution in [0.5, 0.6) is 0 Å². The smallest absolute Gasteiger partial charge is 0.462 e. The van der Waals surface area contributed by atoms with Crippen LogP contribution in [0.2, 0.25) is 0 Å². The van der Waals surface area contributed by atoms with Crippen LogP contribution in [-0.4, -0.2) is 96.7 Å². The van der Waals surface area contributed by atoms with Crippen LogP contribution in [0.25, 0.3) is 0 Å². The summed E-state index contributed by atoms with van der Waals surface area (Å²) in [6, 6.07) is 0. The lowest BCUT2D eigenvalue weighted by atomic mass is 10.0. The fourth-order valence-corrected chi connectivity index (χ4v) is 12.5. The predicted molar refractivity (Wildman–Crippen MR) is 418 cm³/mol. The highest BCUT2D eigenvalue weighted by atomic mass is 31.2. The van der Waals surface area contributed by atoms with Crippen molar-refractivity contribution in [2.24, 2.45) is 0 Å². The zero-order chi connectivity index (χ0) is 74.6. The van der Waals surface area contributed by atoms with Crippen molar-refractivity contribution >= 4 is 39.5 Å². The van der Waals surface area contributed by atoms with E-state index in [2.05, 4.69) is 107 Å². The molecule has 0 saturated carbocycles. The van der Waals surface area contributed by atoms with Crippen LogP contribution in [0, 0.1) is 0 Å². The molecule has 0 fully saturated rings. The molecule has 0 rings (SSSR count). The highest BCUT2D eigenvalue weighted by Crippen LogP contribution is 2.45. The molecule has 102 heavy (non-hydrogen) atoms. The first-order valence-electron chi connectivity index (χ1n) is 40.5. The summed E-state index contributed by atoms with van der Waals surface area (Å²) in [4.78, 5) is 73.0. The van der Waals surface area contributed by atoms with Gasteiger partial charge in [-0.2, -0.15) is 0 Å². The monoisotopic (exact) mass is 1480 g/mol. The van der Waals surface area contributed by atoms with Crippen molar-refractivity contribution in [3.63, 3.8) is 0 Å². The van der Waals surface area contributed by atoms with Gasteiger partial charge in [0.15, 0.2) is 12.2 Å². The van der Waals surface area contributed by atoms with Crippen LogP contribution in [0.15, 0.2) is 97.2 Å². The molecule has 3 N–H and O–H groups in total. The lowest BCUT2D eigenvalue weighted by Gasteiger charge is -2.21. The van der Waals surface area contributed by atoms with E-state index in [0.29, 0.717) is 32.1 Å². The molecular weight excluding hydrogens is 1330 g/mol. The second-order valence-corrected chi connectivity index (χ2v) is 29.9. The molecule has 0 aromatic heterocycles. The molecule has 0 amide bonds. The minimum absolute atomic E-state index is 0.0303. The van der Waals surface area contributed by atoms with Crippen LogP contribution in [0.1, 0.15) is 349 Å². The van der Waals surface area contributed by atoms with Crippen LogP contribution in [0.3, 0.4) is 0 Å². The van der Waals surface area contributed by atoms with Gasteiger partial charge in [0.2, 0.25) is 0 Å². The molecule has 0 heterocycles. The standard InChI is InChI=1S/C83H146O17P2/c1-5-9-13-17-21-25-29-33-36-37-38-39-42-46-50-54-58-62-66-70-83(88)100-79(74-94-81(86)68-64-60-56-52-48-45-41-35-31-27-23-19-15-11-7-3)76-98-102(91,92)96-72-77(84)71-95-101(89,90)97-75-78(99-82(87)69-65-61-57-53-49-43-32-28-24-20-16-12-8-4)73-93-80(85)67-63-59-55-51-47-44-40-34-30-26-22-18-14-10-6-2/h9,13,21,25,27,31,33-34,36,38-40,46,50,58,62,77-79,84H,5-8,10-12,14-20,22-24,26,28-30,32,35,37,41-45,47-49,51-57,59-61,63-76H2,1-4H3,(H,89,90)(H,91,92)/b13-9-,25-21-,31-27-,36-33-,39-38-,40-34-,50-46-,62-58-/t77-,78-,79-/m1/s1. The zero-order valence-electron chi connectivity index (χ0n) is 64.5. The van der Waals surface area contributed by atoms with E-state index in [4.69, 9.17) is 37.0 Å². The third-order valence-electron chi connectivity index (χ3n) is 17.0. The Morgan fingerprint density at radius 3 is 0.853 bits per heavy atom. The summed E-state index contributed by atoms with van der Waals surface area (Å²) in [5, 5.41) is 10.6. The van der Waals surface area contributed by atoms with Crippen molar-refractivity contribution in [3.05, 3.63) is 97.2 Å². The highest BCUT2D eigenvalue weighted by molar-refractivity contribution is 7.47. The first kappa shape index (κ1) is 98.0. The van der Waals surface area contributed by atoms with E-state index < -0.39 is 97.5 Å². The van der Waals surface area contributed by atoms with Gasteiger partial charge in [-0.05, 0) is 116 Å². The lowest BCUT2D eigenvalue weighted by molar-refractivity contribution is -0.161. The molecule has 19 heteroatoms. The summed E-state index contributed by atoms with van der Waals surface area (Å²) in [5.41, 5.74) is 0. The topological polar surface area (TPSA) is 237 Å². The largest absolute Gasteiger partial charge is 0.472 e. The van der Waals surface area contributed by atoms with E-state index in [9.17, 15) is 43.2 Å². The number of unbranched alkanes of at least 4 members (excludes halogenated alkanes) is 34. The average molecular weight is 1480 g/mol. The van der Waals surface area contributed by atoms with Gasteiger partial charge in [-0.1, -0.05) is 305 Å². The first-order valence-corrected chi connectivity index (χ1v) is 43.5. The number of hydrogen-bond donors (Lipinski definition) is 3. The van der Waals surface area contributed by atoms with Crippen molar-refractivity contribution in [2.45, 2.75) is 367 Å². The molecule has 0 aromatic carbocycles. The number of carbonyl (C=O) groups is 4. The molecule has 0 saturated heterocycles. The summed E-state index contributed by atoms with van der Waals surface area (Å²) in [7, 11) is -9.97. The van der Waals surface area contributed by atoms with Gasteiger partial charge in [-0.15, -0.1) is 0 Å². The van der Waals surface area contributed by atoms with Crippen molar-refractivity contribution in [1.29, 1.82) is 0 Å². The van der Waals surface area contributed by atoms with Gasteiger partial charge in [0, 0.05) is 25.7 Å². The SMILES string of the molecule is CC/C=C\C/C=C\C/C=C\C/C=C\C/C=C\C/C=C\CCC(=O)O[C@H](COC(=O)CCCCCCCCC/C=C\CCCCCC)COP(=O)(O)OC[C@H](O)COP(=O)(O)OC[C@@H](COC(=O)CCCCCCC/C=C\CCCCCCCC)OC(=O)CCCCCCCCCCCCCCC. The Morgan fingerprint density at radius 2 is 0.529 bits per heavy atom. The molecule has 5 atom stereocenters. The summed E-state index contributed by atoms with van der Waals surface area (Å²) < 4.78 is 68.5. The van der Waals surface area contributed by atoms with Gasteiger partial charge in [-0.25, -0.2) is 9.13 Å². The van der Waals surface area contributed by atoms with E-state index >= 15 is 0 Å². The van der Waals surface area contributed by atoms with Gasteiger partial charge in [-0.3, -0.25) is 37.3 Å². The first-order chi connectivity index (χ1) is 49.7. The molecule has 0 aliphatic carbocycles. The number of aliphatic hydroxyl groups excluding tert-OH is 1. The van der Waals surface area contributed by atoms with Crippen LogP contribution < -0.4 is 0 Å². The zero-order valence-corrected chi connectivity index (χ0v) is 66.3. The van der Waals surface area contributed by atoms with Gasteiger partial charge < -0.3 is 33.8 Å². The van der Waals surface area contributed by atoms with E-state index in [-0.39, 0.29) is 25.7 Å². The van der Waals surface area contributed by atoms with Crippen molar-refractivity contribution < 1.29 is 80.2 Å². The van der Waals surface area contributed by atoms with Gasteiger partial charge >= 0.3 is 39.5 Å². The minimum atomic E-state index is -5.00. The van der Waals surface area contributed by atoms with Crippen molar-refractivity contribution in [1.82, 2.24) is 0 Å². The second-order valence-electron chi connectivity index (χ2n) is 27.0. The third kappa shape index (κ3) is 74.3. The molecule has 0 aliphatic heterocycles. The Hall–Kier alpha value is -4.02. The Morgan fingerprint density at radius 1 is 0.284 bits per heavy atom. The Bertz CT molecular complexity index is 2310. The van der Waals surface area contributed by atoms with E-state index in [1.54, 1.807) is 0 Å². The second kappa shape index (κ2) is 75.2. The van der Waals surface area contributed by atoms with Crippen LogP contribution in [0.4, 0.5) is 0 Å². The molecule has 590 valence electrons. The fraction of sp³-hybridized carbons (Fsp3) is 0.759. The average Bonchev–Trinajstić information content (AvgIpc) is 0.908. The summed E-state index contributed by atoms with van der Waals surface area (Å²) in [6.45, 7) is 4.69. The number of allylic oxidation sites excluding steroid dienone is 16. The molecule has 0 aromatic rings. The number of aliphatic hydroxyl groups is 1. The van der Waals surface area contributed by atoms with E-state index in [1.165, 1.54) is 128 Å². The summed E-state index contributed by atoms with van der Waals surface area (Å²) in [6.07, 6.45) is 79.7. The maximum atomic E-state index is 13.1. The van der Waals surface area contributed by atoms with Gasteiger partial charge in [0.25, 0.3) is 0 Å². The summed E-state index contributed by atoms with van der Waals surface area (Å²) >= 11 is 0. The van der Waals surface area contributed by atoms with Crippen molar-refractivity contribution in [3.8, 4) is 0 Å². The number of ether oxygens (including phenoxy) is 4. The molecule has 0 spiro atoms. The molecule has 0 radical (unpaired) electrons. The van der Waals surface area contributed by atoms with E-state index in [1.807, 2.05) is 18.2 Å². The maximum absolute atomic E-state index is 13.1. The lowest BCUT2D eigenvalue weighted by Crippen LogP contribution is -2.30. The molecule has 17 nitrogen and oxygen atoms in total. The molecule has 2 unspecified atom stereocenters. The van der Waals surface area contributed by atoms with Crippen LogP contribution >= 0.6 is 15.6 Å². The normalized spacial score (nSPS) is 14.4. The Labute approximate surface area is 620 Å². The molecule has 0 bridgehead atoms. The highest BCUT2D eigenvalue weighted by Gasteiger charge is 2.30. The maximum Gasteiger partial charge on any atom is 0.472 e. The van der Waals surface area contributed by atoms with Gasteiger partial charge in [0.1, 0.15) is 19.3 Å². The van der Waals surface area contributed by atoms with E-state index in [0.717, 1.165) is 135 Å². The summed E-state index contributed by atoms with van der Waals surface area (Å²) in [5.74, 6) is -2.27. The molecular formula is C83H146O17P2. The number of carbonyl (C=O) groups excluding carboxylic acids is 4. The number of phosphoric ester groups is 2. The number of phosphoric acid groups is 2. The number of hydrogen-bond acceptors (Lipinski definition) is 15. The molecule has 0 aliphatic rings. The quantitative estimate of drug-likeness (QED) is 0.0169. The Kier molecular flexibility index (Phi) is 72.3. The number of esters is 4. The van der Waals surface area contributed by atoms with Crippen molar-refractivity contribution in [2.75, 3.05) is 39.6 Å². The Balaban J connectivity index is 5.41. The minimum Gasteiger partial charge on any atom is -0.462 e. The third-order valence-corrected chi connectivity index (χ3v) is 18.9. The number of rotatable bonds is 76.